The number of aliphatic carboxylic acids is 1. The number of carboxylic acids is 1. The van der Waals surface area contributed by atoms with E-state index in [1.54, 1.807) is 4.90 Å². The van der Waals surface area contributed by atoms with E-state index in [9.17, 15) is 9.59 Å². The monoisotopic (exact) mass is 302 g/mol. The number of hydrogen-bond donors (Lipinski definition) is 3. The van der Waals surface area contributed by atoms with E-state index in [1.165, 1.54) is 0 Å². The number of amides is 2. The Labute approximate surface area is 127 Å². The van der Waals surface area contributed by atoms with Gasteiger partial charge in [-0.15, -0.1) is 0 Å². The summed E-state index contributed by atoms with van der Waals surface area (Å²) in [6.07, 6.45) is 1.37. The van der Waals surface area contributed by atoms with Gasteiger partial charge in [0.2, 0.25) is 0 Å². The molecule has 124 valence electrons. The molecule has 0 fully saturated rings. The second-order valence-corrected chi connectivity index (χ2v) is 6.14. The Morgan fingerprint density at radius 3 is 2.24 bits per heavy atom. The highest BCUT2D eigenvalue weighted by Crippen LogP contribution is 2.15. The predicted octanol–water partition coefficient (Wildman–Crippen LogP) is 1.93. The first-order valence-corrected chi connectivity index (χ1v) is 7.65. The van der Waals surface area contributed by atoms with Crippen LogP contribution >= 0.6 is 0 Å². The second-order valence-electron chi connectivity index (χ2n) is 6.14. The van der Waals surface area contributed by atoms with E-state index in [2.05, 4.69) is 5.32 Å². The molecular weight excluding hydrogens is 272 g/mol. The first-order chi connectivity index (χ1) is 9.77. The highest BCUT2D eigenvalue weighted by atomic mass is 16.4. The minimum absolute atomic E-state index is 0.0413. The Morgan fingerprint density at radius 1 is 1.19 bits per heavy atom. The SMILES string of the molecule is CC(C)CC(CNC(=O)N(CCCO)C(C)C)CC(=O)O. The Hall–Kier alpha value is -1.30. The minimum Gasteiger partial charge on any atom is -0.481 e. The van der Waals surface area contributed by atoms with E-state index < -0.39 is 5.97 Å². The van der Waals surface area contributed by atoms with Gasteiger partial charge >= 0.3 is 12.0 Å². The molecule has 0 aliphatic carbocycles. The van der Waals surface area contributed by atoms with Crippen molar-refractivity contribution in [1.29, 1.82) is 0 Å². The van der Waals surface area contributed by atoms with Crippen LogP contribution in [0.5, 0.6) is 0 Å². The van der Waals surface area contributed by atoms with Crippen LogP contribution in [-0.4, -0.2) is 52.9 Å². The molecular formula is C15H30N2O4. The molecule has 0 heterocycles. The normalized spacial score (nSPS) is 12.5. The Bertz CT molecular complexity index is 319. The predicted molar refractivity (Wildman–Crippen MR) is 82.1 cm³/mol. The lowest BCUT2D eigenvalue weighted by Gasteiger charge is -2.28. The van der Waals surface area contributed by atoms with Gasteiger partial charge in [0.15, 0.2) is 0 Å². The molecule has 0 aliphatic heterocycles. The van der Waals surface area contributed by atoms with E-state index in [0.717, 1.165) is 6.42 Å². The zero-order valence-electron chi connectivity index (χ0n) is 13.6. The summed E-state index contributed by atoms with van der Waals surface area (Å²) < 4.78 is 0. The van der Waals surface area contributed by atoms with Gasteiger partial charge in [0.1, 0.15) is 0 Å². The van der Waals surface area contributed by atoms with Crippen molar-refractivity contribution in [3.05, 3.63) is 0 Å². The first kappa shape index (κ1) is 19.7. The van der Waals surface area contributed by atoms with E-state index in [-0.39, 0.29) is 31.0 Å². The van der Waals surface area contributed by atoms with Gasteiger partial charge in [-0.3, -0.25) is 4.79 Å². The molecule has 0 aliphatic rings. The lowest BCUT2D eigenvalue weighted by Crippen LogP contribution is -2.46. The van der Waals surface area contributed by atoms with Crippen molar-refractivity contribution in [2.45, 2.75) is 53.0 Å². The van der Waals surface area contributed by atoms with Gasteiger partial charge < -0.3 is 20.4 Å². The van der Waals surface area contributed by atoms with Crippen molar-refractivity contribution in [3.63, 3.8) is 0 Å². The summed E-state index contributed by atoms with van der Waals surface area (Å²) in [6, 6.07) is -0.155. The number of carbonyl (C=O) groups excluding carboxylic acids is 1. The number of hydrogen-bond acceptors (Lipinski definition) is 3. The van der Waals surface area contributed by atoms with Crippen LogP contribution in [0.4, 0.5) is 4.79 Å². The van der Waals surface area contributed by atoms with Gasteiger partial charge in [-0.25, -0.2) is 4.79 Å². The molecule has 1 unspecified atom stereocenters. The van der Waals surface area contributed by atoms with Gasteiger partial charge in [0.25, 0.3) is 0 Å². The van der Waals surface area contributed by atoms with Gasteiger partial charge in [0.05, 0.1) is 0 Å². The summed E-state index contributed by atoms with van der Waals surface area (Å²) in [5.74, 6) is -0.504. The quantitative estimate of drug-likeness (QED) is 0.575. The summed E-state index contributed by atoms with van der Waals surface area (Å²) in [4.78, 5) is 24.7. The molecule has 3 N–H and O–H groups in total. The summed E-state index contributed by atoms with van der Waals surface area (Å²) in [5, 5.41) is 20.6. The van der Waals surface area contributed by atoms with Crippen molar-refractivity contribution in [3.8, 4) is 0 Å². The fourth-order valence-electron chi connectivity index (χ4n) is 2.32. The second kappa shape index (κ2) is 10.4. The van der Waals surface area contributed by atoms with Crippen molar-refractivity contribution in [2.75, 3.05) is 19.7 Å². The van der Waals surface area contributed by atoms with Gasteiger partial charge in [-0.1, -0.05) is 13.8 Å². The molecule has 0 bridgehead atoms. The van der Waals surface area contributed by atoms with Crippen molar-refractivity contribution in [2.24, 2.45) is 11.8 Å². The van der Waals surface area contributed by atoms with Crippen LogP contribution in [0.15, 0.2) is 0 Å². The number of rotatable bonds is 10. The summed E-state index contributed by atoms with van der Waals surface area (Å²) >= 11 is 0. The Kier molecular flexibility index (Phi) is 9.78. The van der Waals surface area contributed by atoms with Crippen molar-refractivity contribution >= 4 is 12.0 Å². The van der Waals surface area contributed by atoms with Crippen LogP contribution in [0.2, 0.25) is 0 Å². The van der Waals surface area contributed by atoms with Gasteiger partial charge in [-0.05, 0) is 38.5 Å². The molecule has 0 aromatic carbocycles. The third-order valence-corrected chi connectivity index (χ3v) is 3.25. The zero-order chi connectivity index (χ0) is 16.4. The lowest BCUT2D eigenvalue weighted by atomic mass is 9.94. The smallest absolute Gasteiger partial charge is 0.317 e. The van der Waals surface area contributed by atoms with E-state index >= 15 is 0 Å². The van der Waals surface area contributed by atoms with Crippen LogP contribution < -0.4 is 5.32 Å². The number of carboxylic acid groups (broad SMARTS) is 1. The number of aliphatic hydroxyl groups excluding tert-OH is 1. The number of nitrogens with one attached hydrogen (secondary N) is 1. The highest BCUT2D eigenvalue weighted by molar-refractivity contribution is 5.74. The van der Waals surface area contributed by atoms with Crippen molar-refractivity contribution in [1.82, 2.24) is 10.2 Å². The van der Waals surface area contributed by atoms with Gasteiger partial charge in [-0.2, -0.15) is 0 Å². The van der Waals surface area contributed by atoms with Crippen LogP contribution in [0, 0.1) is 11.8 Å². The van der Waals surface area contributed by atoms with Crippen LogP contribution in [-0.2, 0) is 4.79 Å². The molecule has 6 heteroatoms. The Balaban J connectivity index is 4.45. The van der Waals surface area contributed by atoms with Crippen LogP contribution in [0.25, 0.3) is 0 Å². The number of urea groups is 1. The zero-order valence-corrected chi connectivity index (χ0v) is 13.6. The fourth-order valence-corrected chi connectivity index (χ4v) is 2.32. The average molecular weight is 302 g/mol. The maximum Gasteiger partial charge on any atom is 0.317 e. The summed E-state index contributed by atoms with van der Waals surface area (Å²) in [5.41, 5.74) is 0. The van der Waals surface area contributed by atoms with Gasteiger partial charge in [0, 0.05) is 32.2 Å². The molecule has 0 saturated carbocycles. The molecule has 0 radical (unpaired) electrons. The molecule has 0 spiro atoms. The Morgan fingerprint density at radius 2 is 1.81 bits per heavy atom. The van der Waals surface area contributed by atoms with E-state index in [4.69, 9.17) is 10.2 Å². The van der Waals surface area contributed by atoms with Crippen LogP contribution in [0.3, 0.4) is 0 Å². The minimum atomic E-state index is -0.837. The number of carbonyl (C=O) groups is 2. The number of aliphatic hydroxyl groups is 1. The summed E-state index contributed by atoms with van der Waals surface area (Å²) in [6.45, 7) is 8.82. The number of nitrogens with zero attached hydrogens (tertiary/aromatic N) is 1. The molecule has 1 atom stereocenters. The largest absolute Gasteiger partial charge is 0.481 e. The maximum atomic E-state index is 12.2. The highest BCUT2D eigenvalue weighted by Gasteiger charge is 2.20. The lowest BCUT2D eigenvalue weighted by molar-refractivity contribution is -0.138. The third kappa shape index (κ3) is 9.28. The summed E-state index contributed by atoms with van der Waals surface area (Å²) in [7, 11) is 0. The van der Waals surface area contributed by atoms with E-state index in [1.807, 2.05) is 27.7 Å². The molecule has 21 heavy (non-hydrogen) atoms. The van der Waals surface area contributed by atoms with E-state index in [0.29, 0.717) is 25.4 Å². The molecule has 0 rings (SSSR count). The maximum absolute atomic E-state index is 12.2. The molecule has 2 amide bonds. The fraction of sp³-hybridized carbons (Fsp3) is 0.867. The molecule has 0 saturated heterocycles. The third-order valence-electron chi connectivity index (χ3n) is 3.25. The topological polar surface area (TPSA) is 89.9 Å². The average Bonchev–Trinajstić information content (AvgIpc) is 2.34. The first-order valence-electron chi connectivity index (χ1n) is 7.65. The molecule has 0 aromatic rings. The van der Waals surface area contributed by atoms with Crippen LogP contribution in [0.1, 0.15) is 47.0 Å². The van der Waals surface area contributed by atoms with Crippen molar-refractivity contribution < 1.29 is 19.8 Å². The molecule has 6 nitrogen and oxygen atoms in total. The molecule has 0 aromatic heterocycles. The standard InChI is InChI=1S/C15H30N2O4/c1-11(2)8-13(9-14(19)20)10-16-15(21)17(12(3)4)6-5-7-18/h11-13,18H,5-10H2,1-4H3,(H,16,21)(H,19,20).